The summed E-state index contributed by atoms with van der Waals surface area (Å²) in [4.78, 5) is 34.3. The van der Waals surface area contributed by atoms with Crippen LogP contribution in [0.1, 0.15) is 22.5 Å². The lowest BCUT2D eigenvalue weighted by Gasteiger charge is -2.35. The topological polar surface area (TPSA) is 75.4 Å². The molecule has 1 atom stereocenters. The van der Waals surface area contributed by atoms with Gasteiger partial charge in [0, 0.05) is 39.0 Å². The van der Waals surface area contributed by atoms with Crippen LogP contribution in [0.2, 0.25) is 0 Å². The van der Waals surface area contributed by atoms with Gasteiger partial charge < -0.3 is 19.1 Å². The molecular weight excluding hydrogens is 394 g/mol. The maximum absolute atomic E-state index is 12.9. The summed E-state index contributed by atoms with van der Waals surface area (Å²) < 4.78 is 5.18. The summed E-state index contributed by atoms with van der Waals surface area (Å²) in [5, 5.41) is 6.59. The molecule has 5 rings (SSSR count). The van der Waals surface area contributed by atoms with E-state index in [1.807, 2.05) is 18.2 Å². The van der Waals surface area contributed by atoms with E-state index in [0.29, 0.717) is 44.8 Å². The minimum atomic E-state index is -0.586. The van der Waals surface area contributed by atoms with Crippen LogP contribution in [0.4, 0.5) is 0 Å². The van der Waals surface area contributed by atoms with Gasteiger partial charge in [0.25, 0.3) is 11.8 Å². The smallest absolute Gasteiger partial charge is 0.289 e. The number of piperazine rings is 1. The molecule has 0 aliphatic carbocycles. The number of carbonyl (C=O) groups is 2. The highest BCUT2D eigenvalue weighted by atomic mass is 16.6. The molecule has 2 aliphatic heterocycles. The fraction of sp³-hybridized carbons (Fsp3) is 0.292. The molecule has 7 heteroatoms. The molecule has 31 heavy (non-hydrogen) atoms. The SMILES string of the molecule is O=C(c1ccco1)N1CCN(C(=O)C2CC(Cc3cccc4ccccc34)=NO2)CC1. The summed E-state index contributed by atoms with van der Waals surface area (Å²) in [5.74, 6) is 0.113. The average Bonchev–Trinajstić information content (AvgIpc) is 3.51. The van der Waals surface area contributed by atoms with Crippen LogP contribution < -0.4 is 0 Å². The summed E-state index contributed by atoms with van der Waals surface area (Å²) >= 11 is 0. The summed E-state index contributed by atoms with van der Waals surface area (Å²) in [6.45, 7) is 1.90. The third-order valence-electron chi connectivity index (χ3n) is 5.89. The van der Waals surface area contributed by atoms with Crippen molar-refractivity contribution in [1.29, 1.82) is 0 Å². The van der Waals surface area contributed by atoms with Crippen LogP contribution in [0.5, 0.6) is 0 Å². The van der Waals surface area contributed by atoms with Gasteiger partial charge in [-0.3, -0.25) is 9.59 Å². The number of carbonyl (C=O) groups excluding carboxylic acids is 2. The van der Waals surface area contributed by atoms with Crippen molar-refractivity contribution in [3.63, 3.8) is 0 Å². The van der Waals surface area contributed by atoms with Gasteiger partial charge in [-0.2, -0.15) is 0 Å². The first-order chi connectivity index (χ1) is 15.2. The molecular formula is C24H23N3O4. The number of amides is 2. The van der Waals surface area contributed by atoms with Gasteiger partial charge in [-0.15, -0.1) is 0 Å². The summed E-state index contributed by atoms with van der Waals surface area (Å²) in [5.41, 5.74) is 2.06. The van der Waals surface area contributed by atoms with Crippen molar-refractivity contribution in [2.24, 2.45) is 5.16 Å². The predicted octanol–water partition coefficient (Wildman–Crippen LogP) is 3.10. The van der Waals surface area contributed by atoms with Crippen LogP contribution in [-0.2, 0) is 16.1 Å². The second kappa shape index (κ2) is 8.26. The second-order valence-corrected chi connectivity index (χ2v) is 7.87. The van der Waals surface area contributed by atoms with E-state index < -0.39 is 6.10 Å². The molecule has 2 amide bonds. The molecule has 1 saturated heterocycles. The lowest BCUT2D eigenvalue weighted by atomic mass is 9.98. The molecule has 0 saturated carbocycles. The molecule has 0 N–H and O–H groups in total. The van der Waals surface area contributed by atoms with Crippen molar-refractivity contribution in [2.75, 3.05) is 26.2 Å². The highest BCUT2D eigenvalue weighted by Crippen LogP contribution is 2.23. The van der Waals surface area contributed by atoms with E-state index in [9.17, 15) is 9.59 Å². The van der Waals surface area contributed by atoms with Crippen LogP contribution in [0.25, 0.3) is 10.8 Å². The van der Waals surface area contributed by atoms with Crippen LogP contribution >= 0.6 is 0 Å². The molecule has 7 nitrogen and oxygen atoms in total. The number of furan rings is 1. The molecule has 2 aliphatic rings. The van der Waals surface area contributed by atoms with E-state index in [0.717, 1.165) is 5.71 Å². The summed E-state index contributed by atoms with van der Waals surface area (Å²) in [6, 6.07) is 17.8. The fourth-order valence-corrected chi connectivity index (χ4v) is 4.22. The maximum Gasteiger partial charge on any atom is 0.289 e. The average molecular weight is 417 g/mol. The molecule has 3 aromatic rings. The number of nitrogens with zero attached hydrogens (tertiary/aromatic N) is 3. The third-order valence-corrected chi connectivity index (χ3v) is 5.89. The first kappa shape index (κ1) is 19.4. The van der Waals surface area contributed by atoms with Gasteiger partial charge in [0.1, 0.15) is 0 Å². The molecule has 2 aromatic carbocycles. The van der Waals surface area contributed by atoms with Crippen LogP contribution in [-0.4, -0.2) is 59.6 Å². The van der Waals surface area contributed by atoms with Gasteiger partial charge in [-0.1, -0.05) is 47.6 Å². The van der Waals surface area contributed by atoms with Gasteiger partial charge in [0.2, 0.25) is 6.10 Å². The normalized spacial score (nSPS) is 18.7. The largest absolute Gasteiger partial charge is 0.459 e. The van der Waals surface area contributed by atoms with Crippen molar-refractivity contribution >= 4 is 28.3 Å². The van der Waals surface area contributed by atoms with E-state index in [1.165, 1.54) is 22.6 Å². The molecule has 158 valence electrons. The Kier molecular flexibility index (Phi) is 5.16. The first-order valence-corrected chi connectivity index (χ1v) is 10.5. The standard InChI is InChI=1S/C24H23N3O4/c28-23(21-9-4-14-30-21)26-10-12-27(13-11-26)24(29)22-16-19(25-31-22)15-18-7-3-6-17-5-1-2-8-20(17)18/h1-9,14,22H,10-13,15-16H2. The fourth-order valence-electron chi connectivity index (χ4n) is 4.22. The van der Waals surface area contributed by atoms with Gasteiger partial charge >= 0.3 is 0 Å². The van der Waals surface area contributed by atoms with E-state index in [4.69, 9.17) is 9.25 Å². The van der Waals surface area contributed by atoms with Crippen molar-refractivity contribution in [1.82, 2.24) is 9.80 Å². The predicted molar refractivity (Wildman–Crippen MR) is 116 cm³/mol. The number of oxime groups is 1. The Hall–Kier alpha value is -3.61. The van der Waals surface area contributed by atoms with E-state index in [-0.39, 0.29) is 11.8 Å². The Morgan fingerprint density at radius 1 is 0.935 bits per heavy atom. The molecule has 0 bridgehead atoms. The zero-order chi connectivity index (χ0) is 21.2. The first-order valence-electron chi connectivity index (χ1n) is 10.5. The van der Waals surface area contributed by atoms with Gasteiger partial charge in [0.05, 0.1) is 12.0 Å². The summed E-state index contributed by atoms with van der Waals surface area (Å²) in [6.07, 6.45) is 2.06. The van der Waals surface area contributed by atoms with E-state index in [2.05, 4.69) is 29.4 Å². The van der Waals surface area contributed by atoms with Gasteiger partial charge in [-0.05, 0) is 28.5 Å². The van der Waals surface area contributed by atoms with Crippen molar-refractivity contribution in [3.05, 3.63) is 72.2 Å². The third kappa shape index (κ3) is 3.91. The number of benzene rings is 2. The zero-order valence-electron chi connectivity index (χ0n) is 17.1. The minimum Gasteiger partial charge on any atom is -0.459 e. The Morgan fingerprint density at radius 3 is 2.52 bits per heavy atom. The van der Waals surface area contributed by atoms with Gasteiger partial charge in [0.15, 0.2) is 5.76 Å². The summed E-state index contributed by atoms with van der Waals surface area (Å²) in [7, 11) is 0. The Labute approximate surface area is 179 Å². The molecule has 0 spiro atoms. The second-order valence-electron chi connectivity index (χ2n) is 7.87. The van der Waals surface area contributed by atoms with Gasteiger partial charge in [-0.25, -0.2) is 0 Å². The molecule has 0 radical (unpaired) electrons. The van der Waals surface area contributed by atoms with Crippen molar-refractivity contribution in [2.45, 2.75) is 18.9 Å². The monoisotopic (exact) mass is 417 g/mol. The molecule has 1 aromatic heterocycles. The molecule has 1 fully saturated rings. The number of fused-ring (bicyclic) bond motifs is 1. The van der Waals surface area contributed by atoms with E-state index >= 15 is 0 Å². The lowest BCUT2D eigenvalue weighted by molar-refractivity contribution is -0.143. The van der Waals surface area contributed by atoms with Crippen molar-refractivity contribution in [3.8, 4) is 0 Å². The van der Waals surface area contributed by atoms with E-state index in [1.54, 1.807) is 21.9 Å². The number of hydrogen-bond acceptors (Lipinski definition) is 5. The maximum atomic E-state index is 12.9. The Balaban J connectivity index is 1.17. The number of hydrogen-bond donors (Lipinski definition) is 0. The Morgan fingerprint density at radius 2 is 1.71 bits per heavy atom. The quantitative estimate of drug-likeness (QED) is 0.654. The lowest BCUT2D eigenvalue weighted by Crippen LogP contribution is -2.52. The Bertz CT molecular complexity index is 1130. The highest BCUT2D eigenvalue weighted by molar-refractivity contribution is 5.97. The minimum absolute atomic E-state index is 0.0678. The van der Waals surface area contributed by atoms with Crippen LogP contribution in [0, 0.1) is 0 Å². The van der Waals surface area contributed by atoms with Crippen molar-refractivity contribution < 1.29 is 18.8 Å². The molecule has 1 unspecified atom stereocenters. The molecule has 3 heterocycles. The van der Waals surface area contributed by atoms with Crippen LogP contribution in [0.15, 0.2) is 70.4 Å². The highest BCUT2D eigenvalue weighted by Gasteiger charge is 2.34. The number of rotatable bonds is 4. The zero-order valence-corrected chi connectivity index (χ0v) is 17.1. The van der Waals surface area contributed by atoms with Crippen LogP contribution in [0.3, 0.4) is 0 Å².